The predicted molar refractivity (Wildman–Crippen MR) is 32.5 cm³/mol. The van der Waals surface area contributed by atoms with Gasteiger partial charge in [-0.1, -0.05) is 0 Å². The van der Waals surface area contributed by atoms with Crippen LogP contribution in [-0.4, -0.2) is 18.1 Å². The molecule has 0 saturated carbocycles. The lowest BCUT2D eigenvalue weighted by Gasteiger charge is -2.15. The molecule has 0 fully saturated rings. The van der Waals surface area contributed by atoms with Gasteiger partial charge < -0.3 is 0 Å². The number of rotatable bonds is 1. The maximum absolute atomic E-state index is 11.5. The molecule has 0 bridgehead atoms. The van der Waals surface area contributed by atoms with E-state index in [1.165, 1.54) is 0 Å². The van der Waals surface area contributed by atoms with Crippen molar-refractivity contribution in [2.24, 2.45) is 0 Å². The van der Waals surface area contributed by atoms with Gasteiger partial charge in [0.1, 0.15) is 0 Å². The van der Waals surface area contributed by atoms with Gasteiger partial charge in [0.2, 0.25) is 0 Å². The summed E-state index contributed by atoms with van der Waals surface area (Å²) >= 11 is -0.997. The average Bonchev–Trinajstić information content (AvgIpc) is 1.56. The van der Waals surface area contributed by atoms with Gasteiger partial charge in [0.25, 0.3) is 0 Å². The Balaban J connectivity index is 3.99. The lowest BCUT2D eigenvalue weighted by Crippen LogP contribution is -2.06. The summed E-state index contributed by atoms with van der Waals surface area (Å²) < 4.78 is 68.4. The maximum Gasteiger partial charge on any atom is 0.446 e. The number of halogens is 6. The van der Waals surface area contributed by atoms with E-state index in [4.69, 9.17) is 0 Å². The van der Waals surface area contributed by atoms with Gasteiger partial charge in [-0.15, -0.1) is 0 Å². The Morgan fingerprint density at radius 3 is 1.45 bits per heavy atom. The van der Waals surface area contributed by atoms with E-state index < -0.39 is 29.9 Å². The zero-order chi connectivity index (χ0) is 9.28. The molecule has 0 aromatic rings. The molecule has 11 heavy (non-hydrogen) atoms. The minimum Gasteiger partial charge on any atom is -0.166 e. The Hall–Kier alpha value is 0.360. The van der Waals surface area contributed by atoms with Crippen molar-refractivity contribution < 1.29 is 26.3 Å². The number of alkyl halides is 6. The Kier molecular flexibility index (Phi) is 3.50. The fraction of sp³-hybridized carbons (Fsp3) is 1.00. The molecule has 0 amide bonds. The molecule has 0 rings (SSSR count). The van der Waals surface area contributed by atoms with Gasteiger partial charge in [0, 0.05) is 0 Å². The van der Waals surface area contributed by atoms with Crippen molar-refractivity contribution in [1.82, 2.24) is 0 Å². The van der Waals surface area contributed by atoms with E-state index >= 15 is 0 Å². The predicted octanol–water partition coefficient (Wildman–Crippen LogP) is 3.79. The molecule has 0 aliphatic rings. The third-order valence-corrected chi connectivity index (χ3v) is 3.86. The highest BCUT2D eigenvalue weighted by Gasteiger charge is 2.44. The summed E-state index contributed by atoms with van der Waals surface area (Å²) in [6.45, 7) is 0.535. The summed E-state index contributed by atoms with van der Waals surface area (Å²) in [6, 6.07) is 0. The second-order valence-electron chi connectivity index (χ2n) is 1.50. The molecule has 0 nitrogen and oxygen atoms in total. The van der Waals surface area contributed by atoms with Gasteiger partial charge >= 0.3 is 11.4 Å². The molecule has 0 radical (unpaired) electrons. The van der Waals surface area contributed by atoms with Gasteiger partial charge in [0.15, 0.2) is 0 Å². The van der Waals surface area contributed by atoms with Gasteiger partial charge in [-0.05, 0) is 18.0 Å². The van der Waals surface area contributed by atoms with Gasteiger partial charge in [-0.2, -0.15) is 26.3 Å². The normalized spacial score (nSPS) is 16.6. The first-order chi connectivity index (χ1) is 4.63. The van der Waals surface area contributed by atoms with Gasteiger partial charge in [-0.3, -0.25) is 0 Å². The highest BCUT2D eigenvalue weighted by atomic mass is 32.7. The molecule has 0 saturated heterocycles. The maximum atomic E-state index is 11.5. The first-order valence-electron chi connectivity index (χ1n) is 2.19. The van der Waals surface area contributed by atoms with Crippen LogP contribution in [0, 0.1) is 0 Å². The second-order valence-corrected chi connectivity index (χ2v) is 5.84. The topological polar surface area (TPSA) is 0 Å². The van der Waals surface area contributed by atoms with Crippen LogP contribution in [0.3, 0.4) is 0 Å². The Labute approximate surface area is 63.8 Å². The monoisotopic (exact) mass is 216 g/mol. The lowest BCUT2D eigenvalue weighted by atomic mass is 11.5. The molecule has 1 unspecified atom stereocenters. The molecule has 0 aromatic heterocycles. The summed E-state index contributed by atoms with van der Waals surface area (Å²) in [5, 5.41) is 0. The zero-order valence-corrected chi connectivity index (χ0v) is 6.83. The third kappa shape index (κ3) is 5.61. The minimum atomic E-state index is -4.80. The molecule has 0 aromatic carbocycles. The summed E-state index contributed by atoms with van der Waals surface area (Å²) in [4.78, 5) is 0. The van der Waals surface area contributed by atoms with E-state index in [0.717, 1.165) is 0 Å². The molecule has 1 atom stereocenters. The van der Waals surface area contributed by atoms with Crippen LogP contribution in [0.2, 0.25) is 0 Å². The molecule has 0 N–H and O–H groups in total. The Morgan fingerprint density at radius 1 is 1.00 bits per heavy atom. The van der Waals surface area contributed by atoms with Crippen LogP contribution in [0.5, 0.6) is 0 Å². The van der Waals surface area contributed by atoms with Crippen LogP contribution in [0.4, 0.5) is 26.3 Å². The molecule has 68 valence electrons. The van der Waals surface area contributed by atoms with Crippen molar-refractivity contribution >= 4 is 18.5 Å². The van der Waals surface area contributed by atoms with Crippen molar-refractivity contribution in [2.45, 2.75) is 11.4 Å². The Bertz CT molecular complexity index is 127. The quantitative estimate of drug-likeness (QED) is 0.474. The summed E-state index contributed by atoms with van der Waals surface area (Å²) in [6.07, 6.45) is 0. The molecule has 0 heterocycles. The summed E-state index contributed by atoms with van der Waals surface area (Å²) in [5.41, 5.74) is -4.80. The third-order valence-electron chi connectivity index (χ3n) is 0.597. The van der Waals surface area contributed by atoms with Crippen LogP contribution in [0.15, 0.2) is 0 Å². The first kappa shape index (κ1) is 11.4. The largest absolute Gasteiger partial charge is 0.446 e. The van der Waals surface area contributed by atoms with E-state index in [9.17, 15) is 26.3 Å². The van der Waals surface area contributed by atoms with E-state index in [-0.39, 0.29) is 0 Å². The fourth-order valence-corrected chi connectivity index (χ4v) is 1.86. The summed E-state index contributed by atoms with van der Waals surface area (Å²) in [5.74, 6) is -4.73. The van der Waals surface area contributed by atoms with Crippen molar-refractivity contribution in [1.29, 1.82) is 0 Å². The molecular weight excluding hydrogens is 213 g/mol. The number of hydrogen-bond acceptors (Lipinski definition) is 1. The zero-order valence-electron chi connectivity index (χ0n) is 5.12. The Morgan fingerprint density at radius 2 is 1.36 bits per heavy atom. The standard InChI is InChI=1S/C3H3F6PS/c1-10(2(4,5)6)11-3(7,8)9/h1H3. The van der Waals surface area contributed by atoms with Gasteiger partial charge in [-0.25, -0.2) is 0 Å². The molecule has 0 spiro atoms. The van der Waals surface area contributed by atoms with E-state index in [1.54, 1.807) is 0 Å². The minimum absolute atomic E-state index is 0.535. The summed E-state index contributed by atoms with van der Waals surface area (Å²) in [7, 11) is -3.02. The van der Waals surface area contributed by atoms with Crippen LogP contribution >= 0.6 is 18.5 Å². The lowest BCUT2D eigenvalue weighted by molar-refractivity contribution is -0.0420. The van der Waals surface area contributed by atoms with Crippen molar-refractivity contribution in [3.63, 3.8) is 0 Å². The molecule has 0 aliphatic heterocycles. The van der Waals surface area contributed by atoms with Crippen molar-refractivity contribution in [3.8, 4) is 0 Å². The van der Waals surface area contributed by atoms with Crippen LogP contribution in [0.1, 0.15) is 0 Å². The second kappa shape index (κ2) is 3.39. The van der Waals surface area contributed by atoms with E-state index in [2.05, 4.69) is 0 Å². The highest BCUT2D eigenvalue weighted by Crippen LogP contribution is 2.64. The molecular formula is C3H3F6PS. The first-order valence-corrected chi connectivity index (χ1v) is 5.40. The van der Waals surface area contributed by atoms with Crippen molar-refractivity contribution in [2.75, 3.05) is 6.66 Å². The SMILES string of the molecule is CP(SC(F)(F)F)C(F)(F)F. The van der Waals surface area contributed by atoms with Crippen LogP contribution < -0.4 is 0 Å². The van der Waals surface area contributed by atoms with Crippen molar-refractivity contribution in [3.05, 3.63) is 0 Å². The number of hydrogen-bond donors (Lipinski definition) is 0. The highest BCUT2D eigenvalue weighted by molar-refractivity contribution is 8.56. The van der Waals surface area contributed by atoms with Crippen LogP contribution in [0.25, 0.3) is 0 Å². The molecule has 0 aliphatic carbocycles. The van der Waals surface area contributed by atoms with Crippen LogP contribution in [-0.2, 0) is 0 Å². The van der Waals surface area contributed by atoms with E-state index in [0.29, 0.717) is 6.66 Å². The van der Waals surface area contributed by atoms with E-state index in [1.807, 2.05) is 0 Å². The van der Waals surface area contributed by atoms with Gasteiger partial charge in [0.05, 0.1) is 7.12 Å². The molecule has 8 heteroatoms. The fourth-order valence-electron chi connectivity index (χ4n) is 0.207. The smallest absolute Gasteiger partial charge is 0.166 e. The average molecular weight is 216 g/mol.